The quantitative estimate of drug-likeness (QED) is 0.225. The summed E-state index contributed by atoms with van der Waals surface area (Å²) in [7, 11) is 4.83. The molecule has 0 spiro atoms. The number of ether oxygens (including phenoxy) is 3. The molecule has 10 heteroatoms. The van der Waals surface area contributed by atoms with Gasteiger partial charge in [-0.2, -0.15) is 0 Å². The monoisotopic (exact) mass is 489 g/mol. The molecule has 0 aliphatic rings. The smallest absolute Gasteiger partial charge is 0.493 e. The second-order valence-corrected chi connectivity index (χ2v) is 8.03. The van der Waals surface area contributed by atoms with E-state index in [0.717, 1.165) is 33.9 Å². The third-order valence-corrected chi connectivity index (χ3v) is 5.64. The van der Waals surface area contributed by atoms with Crippen molar-refractivity contribution in [2.75, 3.05) is 26.2 Å². The van der Waals surface area contributed by atoms with Gasteiger partial charge in [0.1, 0.15) is 17.2 Å². The number of anilines is 1. The second kappa shape index (κ2) is 11.2. The van der Waals surface area contributed by atoms with E-state index < -0.39 is 10.9 Å². The third kappa shape index (κ3) is 5.90. The summed E-state index contributed by atoms with van der Waals surface area (Å²) in [6.07, 6.45) is 0. The van der Waals surface area contributed by atoms with Crippen LogP contribution in [-0.4, -0.2) is 41.0 Å². The molecular weight excluding hydrogens is 462 g/mol. The van der Waals surface area contributed by atoms with E-state index >= 15 is 0 Å². The van der Waals surface area contributed by atoms with E-state index in [2.05, 4.69) is 10.1 Å². The molecular formula is C26H27N5O5. The number of aromatic nitrogens is 3. The van der Waals surface area contributed by atoms with Gasteiger partial charge in [0.25, 0.3) is 0 Å². The lowest BCUT2D eigenvalue weighted by Crippen LogP contribution is -2.26. The van der Waals surface area contributed by atoms with E-state index in [1.54, 1.807) is 26.0 Å². The number of nitro groups is 1. The summed E-state index contributed by atoms with van der Waals surface area (Å²) in [5.74, 6) is 2.17. The molecule has 1 heterocycles. The first-order chi connectivity index (χ1) is 17.5. The van der Waals surface area contributed by atoms with Crippen molar-refractivity contribution >= 4 is 11.9 Å². The predicted molar refractivity (Wildman–Crippen MR) is 135 cm³/mol. The number of hydrogen-bond donors (Lipinski definition) is 0. The first kappa shape index (κ1) is 24.5. The number of methoxy groups -OCH3 is 3. The van der Waals surface area contributed by atoms with E-state index in [0.29, 0.717) is 25.6 Å². The molecule has 0 amide bonds. The van der Waals surface area contributed by atoms with Gasteiger partial charge in [-0.25, -0.2) is 0 Å². The van der Waals surface area contributed by atoms with E-state index in [4.69, 9.17) is 14.2 Å². The van der Waals surface area contributed by atoms with Crippen molar-refractivity contribution in [1.82, 2.24) is 14.8 Å². The summed E-state index contributed by atoms with van der Waals surface area (Å²) in [6.45, 7) is 1.21. The fourth-order valence-corrected chi connectivity index (χ4v) is 3.74. The van der Waals surface area contributed by atoms with Gasteiger partial charge in [0.15, 0.2) is 0 Å². The molecule has 0 N–H and O–H groups in total. The summed E-state index contributed by atoms with van der Waals surface area (Å²) in [6, 6.07) is 22.8. The van der Waals surface area contributed by atoms with Gasteiger partial charge in [0.2, 0.25) is 0 Å². The molecule has 0 bridgehead atoms. The van der Waals surface area contributed by atoms with E-state index in [1.165, 1.54) is 0 Å². The highest BCUT2D eigenvalue weighted by Gasteiger charge is 2.27. The molecule has 0 unspecified atom stereocenters. The van der Waals surface area contributed by atoms with Gasteiger partial charge in [-0.15, -0.1) is 4.68 Å². The van der Waals surface area contributed by atoms with Crippen LogP contribution in [0.25, 0.3) is 0 Å². The van der Waals surface area contributed by atoms with Gasteiger partial charge >= 0.3 is 11.9 Å². The lowest BCUT2D eigenvalue weighted by molar-refractivity contribution is -0.394. The largest absolute Gasteiger partial charge is 0.497 e. The van der Waals surface area contributed by atoms with Crippen LogP contribution in [0.1, 0.15) is 16.7 Å². The van der Waals surface area contributed by atoms with Gasteiger partial charge in [-0.1, -0.05) is 36.4 Å². The molecule has 0 atom stereocenters. The molecule has 186 valence electrons. The van der Waals surface area contributed by atoms with E-state index in [1.807, 2.05) is 77.7 Å². The number of rotatable bonds is 11. The molecule has 10 nitrogen and oxygen atoms in total. The highest BCUT2D eigenvalue weighted by molar-refractivity contribution is 5.40. The van der Waals surface area contributed by atoms with Crippen LogP contribution in [-0.2, 0) is 19.6 Å². The first-order valence-electron chi connectivity index (χ1n) is 11.2. The molecule has 1 aromatic heterocycles. The Kier molecular flexibility index (Phi) is 7.64. The van der Waals surface area contributed by atoms with Crippen LogP contribution < -0.4 is 19.1 Å². The second-order valence-electron chi connectivity index (χ2n) is 8.03. The fourth-order valence-electron chi connectivity index (χ4n) is 3.74. The average molecular weight is 490 g/mol. The zero-order chi connectivity index (χ0) is 25.5. The van der Waals surface area contributed by atoms with Crippen molar-refractivity contribution in [3.8, 4) is 17.2 Å². The molecule has 0 saturated heterocycles. The highest BCUT2D eigenvalue weighted by atomic mass is 16.6. The molecule has 0 saturated carbocycles. The summed E-state index contributed by atoms with van der Waals surface area (Å²) in [5.41, 5.74) is 2.89. The lowest BCUT2D eigenvalue weighted by Gasteiger charge is -2.22. The Bertz CT molecular complexity index is 1240. The van der Waals surface area contributed by atoms with Crippen molar-refractivity contribution in [2.45, 2.75) is 19.6 Å². The topological polar surface area (TPSA) is 105 Å². The average Bonchev–Trinajstić information content (AvgIpc) is 3.33. The Labute approximate surface area is 208 Å². The Hall–Kier alpha value is -4.60. The van der Waals surface area contributed by atoms with Crippen LogP contribution >= 0.6 is 0 Å². The van der Waals surface area contributed by atoms with Crippen LogP contribution in [0.2, 0.25) is 0 Å². The SMILES string of the molecule is COc1ccc(CN(Cc2ccc(OC)cc2)c2nc([N+](=O)[O-])nn2Cc2ccc(OC)cc2)cc1. The maximum Gasteiger partial charge on any atom is 0.493 e. The fraction of sp³-hybridized carbons (Fsp3) is 0.231. The highest BCUT2D eigenvalue weighted by Crippen LogP contribution is 2.24. The van der Waals surface area contributed by atoms with Crippen molar-refractivity contribution in [2.24, 2.45) is 0 Å². The maximum atomic E-state index is 11.6. The summed E-state index contributed by atoms with van der Waals surface area (Å²) in [5, 5.41) is 15.8. The summed E-state index contributed by atoms with van der Waals surface area (Å²) >= 11 is 0. The van der Waals surface area contributed by atoms with E-state index in [9.17, 15) is 10.1 Å². The minimum Gasteiger partial charge on any atom is -0.497 e. The van der Waals surface area contributed by atoms with Gasteiger partial charge in [0.05, 0.1) is 27.9 Å². The van der Waals surface area contributed by atoms with Gasteiger partial charge < -0.3 is 29.2 Å². The van der Waals surface area contributed by atoms with Crippen molar-refractivity contribution < 1.29 is 19.1 Å². The van der Waals surface area contributed by atoms with Crippen LogP contribution in [0, 0.1) is 10.1 Å². The molecule has 3 aromatic carbocycles. The van der Waals surface area contributed by atoms with Crippen LogP contribution in [0.3, 0.4) is 0 Å². The third-order valence-electron chi connectivity index (χ3n) is 5.64. The Balaban J connectivity index is 1.71. The van der Waals surface area contributed by atoms with Crippen molar-refractivity contribution in [1.29, 1.82) is 0 Å². The minimum atomic E-state index is -0.576. The van der Waals surface area contributed by atoms with Gasteiger partial charge in [0, 0.05) is 18.2 Å². The lowest BCUT2D eigenvalue weighted by atomic mass is 10.1. The summed E-state index contributed by atoms with van der Waals surface area (Å²) in [4.78, 5) is 17.3. The Morgan fingerprint density at radius 1 is 0.750 bits per heavy atom. The molecule has 0 fully saturated rings. The molecule has 4 rings (SSSR count). The van der Waals surface area contributed by atoms with Crippen molar-refractivity contribution in [3.63, 3.8) is 0 Å². The molecule has 36 heavy (non-hydrogen) atoms. The maximum absolute atomic E-state index is 11.6. The van der Waals surface area contributed by atoms with Crippen molar-refractivity contribution in [3.05, 3.63) is 99.6 Å². The normalized spacial score (nSPS) is 10.6. The standard InChI is InChI=1S/C26H27N5O5/c1-34-22-10-4-19(5-11-22)16-29(17-20-6-12-23(35-2)13-7-20)26-27-25(31(32)33)28-30(26)18-21-8-14-24(36-3)15-9-21/h4-15H,16-18H2,1-3H3. The van der Waals surface area contributed by atoms with Gasteiger partial charge in [-0.3, -0.25) is 0 Å². The number of nitrogens with zero attached hydrogens (tertiary/aromatic N) is 5. The van der Waals surface area contributed by atoms with E-state index in [-0.39, 0.29) is 0 Å². The molecule has 0 radical (unpaired) electrons. The predicted octanol–water partition coefficient (Wildman–Crippen LogP) is 4.47. The number of hydrogen-bond acceptors (Lipinski definition) is 8. The minimum absolute atomic E-state index is 0.307. The zero-order valence-corrected chi connectivity index (χ0v) is 20.3. The zero-order valence-electron chi connectivity index (χ0n) is 20.3. The van der Waals surface area contributed by atoms with Crippen LogP contribution in [0.15, 0.2) is 72.8 Å². The number of benzene rings is 3. The van der Waals surface area contributed by atoms with Crippen LogP contribution in [0.5, 0.6) is 17.2 Å². The summed E-state index contributed by atoms with van der Waals surface area (Å²) < 4.78 is 17.3. The molecule has 0 aliphatic carbocycles. The van der Waals surface area contributed by atoms with Gasteiger partial charge in [-0.05, 0) is 63.0 Å². The Morgan fingerprint density at radius 2 is 1.17 bits per heavy atom. The first-order valence-corrected chi connectivity index (χ1v) is 11.2. The molecule has 0 aliphatic heterocycles. The Morgan fingerprint density at radius 3 is 1.56 bits per heavy atom. The van der Waals surface area contributed by atoms with Crippen LogP contribution in [0.4, 0.5) is 11.9 Å². The molecule has 4 aromatic rings.